The topological polar surface area (TPSA) is 72.2 Å². The first-order chi connectivity index (χ1) is 8.92. The number of sulfone groups is 1. The zero-order valence-corrected chi connectivity index (χ0v) is 12.5. The molecule has 1 saturated heterocycles. The maximum atomic E-state index is 11.8. The molecule has 4 nitrogen and oxygen atoms in total. The molecule has 0 spiro atoms. The minimum atomic E-state index is -2.93. The minimum absolute atomic E-state index is 0.300. The molecule has 1 fully saturated rings. The molecule has 0 aromatic heterocycles. The third-order valence-electron chi connectivity index (χ3n) is 3.51. The van der Waals surface area contributed by atoms with Crippen molar-refractivity contribution in [2.75, 3.05) is 17.6 Å². The molecule has 2 rings (SSSR count). The van der Waals surface area contributed by atoms with Crippen LogP contribution in [0.4, 0.5) is 5.69 Å². The average molecular weight is 298 g/mol. The van der Waals surface area contributed by atoms with Gasteiger partial charge in [0.15, 0.2) is 9.84 Å². The van der Waals surface area contributed by atoms with Gasteiger partial charge < -0.3 is 11.1 Å². The number of hydrogen-bond acceptors (Lipinski definition) is 4. The minimum Gasteiger partial charge on any atom is -0.389 e. The summed E-state index contributed by atoms with van der Waals surface area (Å²) in [5.41, 5.74) is 8.32. The van der Waals surface area contributed by atoms with E-state index < -0.39 is 9.84 Å². The SMILES string of the molecule is Cc1cccc(C(N)=S)c1NCC1CCCS1(=O)=O. The van der Waals surface area contributed by atoms with E-state index in [-0.39, 0.29) is 5.25 Å². The van der Waals surface area contributed by atoms with Crippen molar-refractivity contribution >= 4 is 32.7 Å². The number of benzene rings is 1. The summed E-state index contributed by atoms with van der Waals surface area (Å²) in [6.07, 6.45) is 1.48. The van der Waals surface area contributed by atoms with Crippen LogP contribution < -0.4 is 11.1 Å². The van der Waals surface area contributed by atoms with Crippen molar-refractivity contribution in [3.63, 3.8) is 0 Å². The van der Waals surface area contributed by atoms with Crippen LogP contribution in [0.5, 0.6) is 0 Å². The van der Waals surface area contributed by atoms with Gasteiger partial charge in [0.1, 0.15) is 4.99 Å². The molecule has 104 valence electrons. The summed E-state index contributed by atoms with van der Waals surface area (Å²) in [6.45, 7) is 2.37. The second-order valence-corrected chi connectivity index (χ2v) is 7.71. The van der Waals surface area contributed by atoms with E-state index in [1.807, 2.05) is 25.1 Å². The van der Waals surface area contributed by atoms with Gasteiger partial charge in [-0.15, -0.1) is 0 Å². The van der Waals surface area contributed by atoms with E-state index in [0.29, 0.717) is 17.3 Å². The van der Waals surface area contributed by atoms with Gasteiger partial charge in [0.05, 0.1) is 11.0 Å². The number of aryl methyl sites for hydroxylation is 1. The van der Waals surface area contributed by atoms with Crippen molar-refractivity contribution in [2.24, 2.45) is 5.73 Å². The Morgan fingerprint density at radius 2 is 2.26 bits per heavy atom. The summed E-state index contributed by atoms with van der Waals surface area (Å²) in [7, 11) is -2.93. The van der Waals surface area contributed by atoms with Gasteiger partial charge in [-0.3, -0.25) is 0 Å². The lowest BCUT2D eigenvalue weighted by molar-refractivity contribution is 0.591. The molecule has 1 unspecified atom stereocenters. The predicted molar refractivity (Wildman–Crippen MR) is 82.4 cm³/mol. The molecule has 1 aliphatic rings. The van der Waals surface area contributed by atoms with Gasteiger partial charge in [0.2, 0.25) is 0 Å². The number of thiocarbonyl (C=S) groups is 1. The summed E-state index contributed by atoms with van der Waals surface area (Å²) in [6, 6.07) is 5.69. The van der Waals surface area contributed by atoms with Crippen LogP contribution in [0.25, 0.3) is 0 Å². The largest absolute Gasteiger partial charge is 0.389 e. The van der Waals surface area contributed by atoms with E-state index in [2.05, 4.69) is 5.32 Å². The van der Waals surface area contributed by atoms with E-state index in [1.165, 1.54) is 0 Å². The van der Waals surface area contributed by atoms with Crippen LogP contribution in [0.2, 0.25) is 0 Å². The van der Waals surface area contributed by atoms with E-state index in [0.717, 1.165) is 29.7 Å². The van der Waals surface area contributed by atoms with Crippen LogP contribution >= 0.6 is 12.2 Å². The van der Waals surface area contributed by atoms with Crippen molar-refractivity contribution in [2.45, 2.75) is 25.0 Å². The molecule has 1 aromatic carbocycles. The highest BCUT2D eigenvalue weighted by molar-refractivity contribution is 7.92. The lowest BCUT2D eigenvalue weighted by Gasteiger charge is -2.16. The lowest BCUT2D eigenvalue weighted by atomic mass is 10.1. The highest BCUT2D eigenvalue weighted by Crippen LogP contribution is 2.24. The molecule has 0 bridgehead atoms. The van der Waals surface area contributed by atoms with Gasteiger partial charge in [-0.1, -0.05) is 24.4 Å². The fraction of sp³-hybridized carbons (Fsp3) is 0.462. The lowest BCUT2D eigenvalue weighted by Crippen LogP contribution is -2.26. The molecule has 0 radical (unpaired) electrons. The Balaban J connectivity index is 2.18. The Bertz CT molecular complexity index is 597. The first-order valence-electron chi connectivity index (χ1n) is 6.26. The maximum absolute atomic E-state index is 11.8. The predicted octanol–water partition coefficient (Wildman–Crippen LogP) is 1.62. The number of nitrogens with two attached hydrogens (primary N) is 1. The maximum Gasteiger partial charge on any atom is 0.154 e. The van der Waals surface area contributed by atoms with Crippen LogP contribution in [-0.2, 0) is 9.84 Å². The summed E-state index contributed by atoms with van der Waals surface area (Å²) in [5, 5.41) is 2.91. The number of para-hydroxylation sites is 1. The normalized spacial score (nSPS) is 21.2. The van der Waals surface area contributed by atoms with E-state index in [9.17, 15) is 8.42 Å². The molecule has 19 heavy (non-hydrogen) atoms. The van der Waals surface area contributed by atoms with Gasteiger partial charge in [-0.25, -0.2) is 8.42 Å². The van der Waals surface area contributed by atoms with Gasteiger partial charge in [0.25, 0.3) is 0 Å². The van der Waals surface area contributed by atoms with Crippen molar-refractivity contribution in [1.82, 2.24) is 0 Å². The Kier molecular flexibility index (Phi) is 4.10. The molecular weight excluding hydrogens is 280 g/mol. The molecule has 6 heteroatoms. The van der Waals surface area contributed by atoms with Crippen LogP contribution in [0, 0.1) is 6.92 Å². The first-order valence-corrected chi connectivity index (χ1v) is 8.39. The molecular formula is C13H18N2O2S2. The third kappa shape index (κ3) is 3.06. The number of anilines is 1. The highest BCUT2D eigenvalue weighted by atomic mass is 32.2. The van der Waals surface area contributed by atoms with Crippen LogP contribution in [0.1, 0.15) is 24.0 Å². The molecule has 1 atom stereocenters. The molecule has 1 aliphatic heterocycles. The molecule has 1 aromatic rings. The second kappa shape index (κ2) is 5.46. The van der Waals surface area contributed by atoms with Crippen LogP contribution in [0.3, 0.4) is 0 Å². The third-order valence-corrected chi connectivity index (χ3v) is 6.00. The Morgan fingerprint density at radius 1 is 1.53 bits per heavy atom. The quantitative estimate of drug-likeness (QED) is 0.826. The second-order valence-electron chi connectivity index (χ2n) is 4.87. The summed E-state index contributed by atoms with van der Waals surface area (Å²) >= 11 is 5.02. The van der Waals surface area contributed by atoms with Gasteiger partial charge in [-0.05, 0) is 31.4 Å². The van der Waals surface area contributed by atoms with Gasteiger partial charge in [-0.2, -0.15) is 0 Å². The van der Waals surface area contributed by atoms with Crippen LogP contribution in [-0.4, -0.2) is 31.0 Å². The smallest absolute Gasteiger partial charge is 0.154 e. The molecule has 1 heterocycles. The average Bonchev–Trinajstić information content (AvgIpc) is 2.66. The van der Waals surface area contributed by atoms with E-state index in [4.69, 9.17) is 18.0 Å². The summed E-state index contributed by atoms with van der Waals surface area (Å²) < 4.78 is 23.6. The highest BCUT2D eigenvalue weighted by Gasteiger charge is 2.31. The van der Waals surface area contributed by atoms with E-state index >= 15 is 0 Å². The standard InChI is InChI=1S/C13H18N2O2S2/c1-9-4-2-6-11(13(14)18)12(9)15-8-10-5-3-7-19(10,16)17/h2,4,6,10,15H,3,5,7-8H2,1H3,(H2,14,18). The fourth-order valence-corrected chi connectivity index (χ4v) is 4.35. The summed E-state index contributed by atoms with van der Waals surface area (Å²) in [5.74, 6) is 0.301. The van der Waals surface area contributed by atoms with E-state index in [1.54, 1.807) is 0 Å². The molecule has 0 amide bonds. The molecule has 3 N–H and O–H groups in total. The van der Waals surface area contributed by atoms with Crippen LogP contribution in [0.15, 0.2) is 18.2 Å². The monoisotopic (exact) mass is 298 g/mol. The number of rotatable bonds is 4. The Labute approximate surface area is 119 Å². The van der Waals surface area contributed by atoms with Gasteiger partial charge >= 0.3 is 0 Å². The number of hydrogen-bond donors (Lipinski definition) is 2. The van der Waals surface area contributed by atoms with Crippen molar-refractivity contribution in [1.29, 1.82) is 0 Å². The fourth-order valence-electron chi connectivity index (χ4n) is 2.41. The van der Waals surface area contributed by atoms with Crippen molar-refractivity contribution in [3.8, 4) is 0 Å². The zero-order valence-electron chi connectivity index (χ0n) is 10.8. The zero-order chi connectivity index (χ0) is 14.0. The molecule has 0 aliphatic carbocycles. The number of nitrogens with one attached hydrogen (secondary N) is 1. The van der Waals surface area contributed by atoms with Crippen molar-refractivity contribution < 1.29 is 8.42 Å². The first kappa shape index (κ1) is 14.3. The van der Waals surface area contributed by atoms with Gasteiger partial charge in [0, 0.05) is 17.8 Å². The molecule has 0 saturated carbocycles. The summed E-state index contributed by atoms with van der Waals surface area (Å²) in [4.78, 5) is 0.320. The Hall–Kier alpha value is -1.14. The Morgan fingerprint density at radius 3 is 2.84 bits per heavy atom. The van der Waals surface area contributed by atoms with Crippen molar-refractivity contribution in [3.05, 3.63) is 29.3 Å².